The Kier molecular flexibility index (Phi) is 18.1. The normalized spacial score (nSPS) is 14.1. The zero-order valence-corrected chi connectivity index (χ0v) is 19.4. The standard InChI is InChI=1S/C20H40NO8P/c1-3-5-6-7-8-9-10-11-13-19(22)26-16-18(29-20(23)12-4-2)17-28-30(24,25)27-15-14-21/h18H,3-17,21H2,1-2H3,(H,24,25)/t18-/m0/s1. The van der Waals surface area contributed by atoms with E-state index in [-0.39, 0.29) is 32.6 Å². The van der Waals surface area contributed by atoms with Crippen LogP contribution in [0.5, 0.6) is 0 Å². The Bertz CT molecular complexity index is 503. The monoisotopic (exact) mass is 453 g/mol. The minimum Gasteiger partial charge on any atom is -0.462 e. The molecular weight excluding hydrogens is 413 g/mol. The fourth-order valence-corrected chi connectivity index (χ4v) is 3.37. The van der Waals surface area contributed by atoms with E-state index in [1.807, 2.05) is 6.92 Å². The molecule has 30 heavy (non-hydrogen) atoms. The summed E-state index contributed by atoms with van der Waals surface area (Å²) < 4.78 is 31.5. The molecule has 0 heterocycles. The van der Waals surface area contributed by atoms with Gasteiger partial charge in [0.25, 0.3) is 0 Å². The number of esters is 2. The van der Waals surface area contributed by atoms with Crippen LogP contribution in [0.25, 0.3) is 0 Å². The molecule has 1 unspecified atom stereocenters. The van der Waals surface area contributed by atoms with E-state index >= 15 is 0 Å². The van der Waals surface area contributed by atoms with Crippen LogP contribution >= 0.6 is 7.82 Å². The van der Waals surface area contributed by atoms with Crippen molar-refractivity contribution in [2.45, 2.75) is 90.6 Å². The maximum Gasteiger partial charge on any atom is 0.472 e. The summed E-state index contributed by atoms with van der Waals surface area (Å²) in [6.45, 7) is 3.23. The lowest BCUT2D eigenvalue weighted by molar-refractivity contribution is -0.161. The van der Waals surface area contributed by atoms with Crippen molar-refractivity contribution in [2.75, 3.05) is 26.4 Å². The largest absolute Gasteiger partial charge is 0.472 e. The lowest BCUT2D eigenvalue weighted by atomic mass is 10.1. The van der Waals surface area contributed by atoms with Crippen molar-refractivity contribution >= 4 is 19.8 Å². The second-order valence-corrected chi connectivity index (χ2v) is 8.61. The summed E-state index contributed by atoms with van der Waals surface area (Å²) in [7, 11) is -4.32. The van der Waals surface area contributed by atoms with Gasteiger partial charge in [0.2, 0.25) is 0 Å². The molecule has 0 aromatic rings. The molecule has 0 rings (SSSR count). The van der Waals surface area contributed by atoms with Crippen molar-refractivity contribution < 1.29 is 37.6 Å². The summed E-state index contributed by atoms with van der Waals surface area (Å²) in [4.78, 5) is 33.2. The summed E-state index contributed by atoms with van der Waals surface area (Å²) in [6.07, 6.45) is 9.01. The minimum absolute atomic E-state index is 0.0547. The van der Waals surface area contributed by atoms with Crippen LogP contribution in [0.15, 0.2) is 0 Å². The Balaban J connectivity index is 4.24. The van der Waals surface area contributed by atoms with Crippen LogP contribution in [0.3, 0.4) is 0 Å². The predicted molar refractivity (Wildman–Crippen MR) is 114 cm³/mol. The van der Waals surface area contributed by atoms with Crippen molar-refractivity contribution in [2.24, 2.45) is 5.73 Å². The number of carbonyl (C=O) groups is 2. The maximum absolute atomic E-state index is 11.9. The second kappa shape index (κ2) is 18.8. The summed E-state index contributed by atoms with van der Waals surface area (Å²) >= 11 is 0. The molecule has 0 spiro atoms. The Hall–Kier alpha value is -0.990. The van der Waals surface area contributed by atoms with Gasteiger partial charge in [-0.2, -0.15) is 0 Å². The Morgan fingerprint density at radius 3 is 2.10 bits per heavy atom. The molecule has 0 bridgehead atoms. The lowest BCUT2D eigenvalue weighted by Gasteiger charge is -2.19. The molecule has 9 nitrogen and oxygen atoms in total. The van der Waals surface area contributed by atoms with Gasteiger partial charge in [-0.15, -0.1) is 0 Å². The van der Waals surface area contributed by atoms with Gasteiger partial charge in [0.1, 0.15) is 6.61 Å². The minimum atomic E-state index is -4.32. The molecule has 0 saturated carbocycles. The van der Waals surface area contributed by atoms with Crippen LogP contribution in [-0.4, -0.2) is 49.3 Å². The van der Waals surface area contributed by atoms with Gasteiger partial charge in [-0.05, 0) is 12.8 Å². The number of ether oxygens (including phenoxy) is 2. The average Bonchev–Trinajstić information content (AvgIpc) is 2.70. The van der Waals surface area contributed by atoms with Gasteiger partial charge in [-0.1, -0.05) is 58.8 Å². The molecule has 178 valence electrons. The van der Waals surface area contributed by atoms with Gasteiger partial charge in [-0.25, -0.2) is 4.57 Å². The summed E-state index contributed by atoms with van der Waals surface area (Å²) in [6, 6.07) is 0. The molecule has 0 aliphatic carbocycles. The third-order valence-corrected chi connectivity index (χ3v) is 5.20. The van der Waals surface area contributed by atoms with Crippen molar-refractivity contribution in [3.63, 3.8) is 0 Å². The smallest absolute Gasteiger partial charge is 0.462 e. The fourth-order valence-electron chi connectivity index (χ4n) is 2.61. The molecular formula is C20H40NO8P. The molecule has 10 heteroatoms. The molecule has 0 radical (unpaired) electrons. The van der Waals surface area contributed by atoms with E-state index in [2.05, 4.69) is 11.4 Å². The number of phosphoric acid groups is 1. The summed E-state index contributed by atoms with van der Waals surface area (Å²) in [5, 5.41) is 0. The third-order valence-electron chi connectivity index (χ3n) is 4.21. The second-order valence-electron chi connectivity index (χ2n) is 7.16. The Morgan fingerprint density at radius 2 is 1.50 bits per heavy atom. The van der Waals surface area contributed by atoms with Gasteiger partial charge in [-0.3, -0.25) is 18.6 Å². The highest BCUT2D eigenvalue weighted by atomic mass is 31.2. The number of nitrogens with two attached hydrogens (primary N) is 1. The molecule has 0 saturated heterocycles. The lowest BCUT2D eigenvalue weighted by Crippen LogP contribution is -2.29. The van der Waals surface area contributed by atoms with Crippen molar-refractivity contribution in [3.8, 4) is 0 Å². The highest BCUT2D eigenvalue weighted by Gasteiger charge is 2.25. The Labute approximate surface area is 180 Å². The van der Waals surface area contributed by atoms with Crippen molar-refractivity contribution in [1.29, 1.82) is 0 Å². The number of hydrogen-bond acceptors (Lipinski definition) is 8. The molecule has 3 N–H and O–H groups in total. The Morgan fingerprint density at radius 1 is 0.867 bits per heavy atom. The zero-order valence-electron chi connectivity index (χ0n) is 18.5. The molecule has 0 fully saturated rings. The zero-order chi connectivity index (χ0) is 22.7. The van der Waals surface area contributed by atoms with Crippen LogP contribution in [0.4, 0.5) is 0 Å². The van der Waals surface area contributed by atoms with E-state index in [1.54, 1.807) is 0 Å². The molecule has 2 atom stereocenters. The van der Waals surface area contributed by atoms with E-state index in [0.29, 0.717) is 6.42 Å². The van der Waals surface area contributed by atoms with Crippen molar-refractivity contribution in [3.05, 3.63) is 0 Å². The fraction of sp³-hybridized carbons (Fsp3) is 0.900. The maximum atomic E-state index is 11.9. The number of carbonyl (C=O) groups excluding carboxylic acids is 2. The van der Waals surface area contributed by atoms with E-state index < -0.39 is 32.5 Å². The predicted octanol–water partition coefficient (Wildman–Crippen LogP) is 3.86. The van der Waals surface area contributed by atoms with Gasteiger partial charge in [0.15, 0.2) is 6.10 Å². The van der Waals surface area contributed by atoms with E-state index in [1.165, 1.54) is 32.1 Å². The quantitative estimate of drug-likeness (QED) is 0.160. The topological polar surface area (TPSA) is 134 Å². The van der Waals surface area contributed by atoms with Gasteiger partial charge < -0.3 is 20.1 Å². The SMILES string of the molecule is CCCCCCCCCCC(=O)OC[C@@H](COP(=O)(O)OCCN)OC(=O)CCC. The number of hydrogen-bond donors (Lipinski definition) is 2. The first-order valence-electron chi connectivity index (χ1n) is 11.0. The highest BCUT2D eigenvalue weighted by molar-refractivity contribution is 7.47. The van der Waals surface area contributed by atoms with Crippen molar-refractivity contribution in [1.82, 2.24) is 0 Å². The van der Waals surface area contributed by atoms with E-state index in [9.17, 15) is 19.0 Å². The van der Waals surface area contributed by atoms with Gasteiger partial charge in [0, 0.05) is 19.4 Å². The summed E-state index contributed by atoms with van der Waals surface area (Å²) in [5.74, 6) is -0.898. The summed E-state index contributed by atoms with van der Waals surface area (Å²) in [5.41, 5.74) is 5.22. The number of unbranched alkanes of at least 4 members (excludes halogenated alkanes) is 7. The molecule has 0 amide bonds. The van der Waals surface area contributed by atoms with Crippen LogP contribution in [0.1, 0.15) is 84.5 Å². The third kappa shape index (κ3) is 17.8. The van der Waals surface area contributed by atoms with Gasteiger partial charge in [0.05, 0.1) is 13.2 Å². The first-order valence-corrected chi connectivity index (χ1v) is 12.5. The molecule has 0 aliphatic heterocycles. The van der Waals surface area contributed by atoms with Crippen LogP contribution in [0, 0.1) is 0 Å². The average molecular weight is 454 g/mol. The molecule has 0 aliphatic rings. The van der Waals surface area contributed by atoms with E-state index in [0.717, 1.165) is 19.3 Å². The number of rotatable bonds is 20. The van der Waals surface area contributed by atoms with Gasteiger partial charge >= 0.3 is 19.8 Å². The highest BCUT2D eigenvalue weighted by Crippen LogP contribution is 2.43. The molecule has 0 aromatic heterocycles. The van der Waals surface area contributed by atoms with E-state index in [4.69, 9.17) is 19.7 Å². The number of phosphoric ester groups is 1. The van der Waals surface area contributed by atoms with Crippen LogP contribution in [0.2, 0.25) is 0 Å². The first kappa shape index (κ1) is 29.0. The van der Waals surface area contributed by atoms with Crippen LogP contribution < -0.4 is 5.73 Å². The molecule has 0 aromatic carbocycles. The first-order chi connectivity index (χ1) is 14.3. The van der Waals surface area contributed by atoms with Crippen LogP contribution in [-0.2, 0) is 32.7 Å².